The normalized spacial score (nSPS) is 13.7. The number of halogens is 1. The molecule has 20 heavy (non-hydrogen) atoms. The van der Waals surface area contributed by atoms with E-state index in [0.29, 0.717) is 10.7 Å². The molecule has 1 amide bonds. The number of aromatic nitrogens is 2. The van der Waals surface area contributed by atoms with E-state index in [4.69, 9.17) is 11.6 Å². The zero-order chi connectivity index (χ0) is 13.9. The highest BCUT2D eigenvalue weighted by molar-refractivity contribution is 6.29. The Kier molecular flexibility index (Phi) is 3.62. The topological polar surface area (TPSA) is 66.9 Å². The molecule has 2 heterocycles. The van der Waals surface area contributed by atoms with Crippen LogP contribution in [0.5, 0.6) is 0 Å². The minimum absolute atomic E-state index is 0.207. The van der Waals surface area contributed by atoms with Gasteiger partial charge in [-0.1, -0.05) is 17.7 Å². The molecular weight excluding hydrogens is 276 g/mol. The average Bonchev–Trinajstić information content (AvgIpc) is 2.47. The maximum absolute atomic E-state index is 12.2. The second-order valence-electron chi connectivity index (χ2n) is 4.57. The molecule has 0 radical (unpaired) electrons. The lowest BCUT2D eigenvalue weighted by Crippen LogP contribution is -2.24. The zero-order valence-corrected chi connectivity index (χ0v) is 11.4. The molecule has 1 aromatic heterocycles. The van der Waals surface area contributed by atoms with Gasteiger partial charge in [0, 0.05) is 18.3 Å². The molecule has 1 aromatic carbocycles. The summed E-state index contributed by atoms with van der Waals surface area (Å²) < 4.78 is 0. The van der Waals surface area contributed by atoms with Crippen LogP contribution in [0, 0.1) is 0 Å². The number of nitrogens with one attached hydrogen (secondary N) is 2. The Morgan fingerprint density at radius 3 is 3.05 bits per heavy atom. The van der Waals surface area contributed by atoms with E-state index in [1.165, 1.54) is 11.8 Å². The summed E-state index contributed by atoms with van der Waals surface area (Å²) in [6, 6.07) is 7.29. The van der Waals surface area contributed by atoms with Gasteiger partial charge in [-0.2, -0.15) is 0 Å². The predicted octanol–water partition coefficient (Wildman–Crippen LogP) is 2.03. The number of benzene rings is 1. The van der Waals surface area contributed by atoms with Gasteiger partial charge in [-0.3, -0.25) is 10.1 Å². The molecule has 6 heteroatoms. The first-order valence-corrected chi connectivity index (χ1v) is 6.72. The molecule has 0 saturated heterocycles. The summed E-state index contributed by atoms with van der Waals surface area (Å²) in [5, 5.41) is 6.23. The number of nitrogens with zero attached hydrogens (tertiary/aromatic N) is 2. The highest BCUT2D eigenvalue weighted by Gasteiger charge is 2.13. The van der Waals surface area contributed by atoms with Crippen LogP contribution in [0.1, 0.15) is 21.5 Å². The van der Waals surface area contributed by atoms with Gasteiger partial charge in [0.25, 0.3) is 5.91 Å². The molecule has 0 fully saturated rings. The van der Waals surface area contributed by atoms with Gasteiger partial charge in [-0.15, -0.1) is 0 Å². The van der Waals surface area contributed by atoms with Crippen molar-refractivity contribution >= 4 is 23.5 Å². The van der Waals surface area contributed by atoms with E-state index in [1.54, 1.807) is 6.07 Å². The average molecular weight is 289 g/mol. The van der Waals surface area contributed by atoms with Crippen LogP contribution in [0.15, 0.2) is 30.5 Å². The van der Waals surface area contributed by atoms with E-state index in [2.05, 4.69) is 20.6 Å². The molecule has 0 unspecified atom stereocenters. The van der Waals surface area contributed by atoms with Crippen LogP contribution in [-0.2, 0) is 13.0 Å². The smallest absolute Gasteiger partial charge is 0.258 e. The molecule has 5 nitrogen and oxygen atoms in total. The summed E-state index contributed by atoms with van der Waals surface area (Å²) in [5.74, 6) is -0.0287. The van der Waals surface area contributed by atoms with Gasteiger partial charge in [0.1, 0.15) is 5.15 Å². The Balaban J connectivity index is 1.80. The van der Waals surface area contributed by atoms with E-state index < -0.39 is 0 Å². The standard InChI is InChI=1S/C14H13ClN4O/c15-12-4-6-17-14(18-12)19-13(20)10-2-1-9-3-5-16-8-11(9)7-10/h1-2,4,6-7,16H,3,5,8H2,(H,17,18,19,20). The number of carbonyl (C=O) groups is 1. The van der Waals surface area contributed by atoms with Crippen molar-refractivity contribution in [3.8, 4) is 0 Å². The van der Waals surface area contributed by atoms with Crippen LogP contribution < -0.4 is 10.6 Å². The highest BCUT2D eigenvalue weighted by Crippen LogP contribution is 2.16. The molecule has 1 aliphatic rings. The quantitative estimate of drug-likeness (QED) is 0.830. The molecule has 2 N–H and O–H groups in total. The van der Waals surface area contributed by atoms with Crippen molar-refractivity contribution in [1.82, 2.24) is 15.3 Å². The Morgan fingerprint density at radius 2 is 2.20 bits per heavy atom. The third kappa shape index (κ3) is 2.79. The Labute approximate surface area is 121 Å². The molecular formula is C14H13ClN4O. The summed E-state index contributed by atoms with van der Waals surface area (Å²) >= 11 is 5.76. The van der Waals surface area contributed by atoms with Gasteiger partial charge < -0.3 is 5.32 Å². The minimum atomic E-state index is -0.236. The third-order valence-electron chi connectivity index (χ3n) is 3.20. The summed E-state index contributed by atoms with van der Waals surface area (Å²) in [6.45, 7) is 1.78. The summed E-state index contributed by atoms with van der Waals surface area (Å²) in [6.07, 6.45) is 2.50. The van der Waals surface area contributed by atoms with Gasteiger partial charge in [0.15, 0.2) is 0 Å². The molecule has 102 valence electrons. The number of fused-ring (bicyclic) bond motifs is 1. The van der Waals surface area contributed by atoms with Gasteiger partial charge in [0.2, 0.25) is 5.95 Å². The van der Waals surface area contributed by atoms with Crippen LogP contribution >= 0.6 is 11.6 Å². The Hall–Kier alpha value is -1.98. The van der Waals surface area contributed by atoms with Crippen molar-refractivity contribution in [1.29, 1.82) is 0 Å². The number of hydrogen-bond donors (Lipinski definition) is 2. The molecule has 0 spiro atoms. The first-order chi connectivity index (χ1) is 9.72. The fourth-order valence-corrected chi connectivity index (χ4v) is 2.33. The summed E-state index contributed by atoms with van der Waals surface area (Å²) in [7, 11) is 0. The van der Waals surface area contributed by atoms with Crippen LogP contribution in [0.2, 0.25) is 5.15 Å². The summed E-state index contributed by atoms with van der Waals surface area (Å²) in [5.41, 5.74) is 3.05. The number of anilines is 1. The van der Waals surface area contributed by atoms with Crippen molar-refractivity contribution < 1.29 is 4.79 Å². The van der Waals surface area contributed by atoms with Gasteiger partial charge >= 0.3 is 0 Å². The lowest BCUT2D eigenvalue weighted by Gasteiger charge is -2.17. The molecule has 0 atom stereocenters. The number of hydrogen-bond acceptors (Lipinski definition) is 4. The monoisotopic (exact) mass is 288 g/mol. The first kappa shape index (κ1) is 13.0. The molecule has 3 rings (SSSR count). The minimum Gasteiger partial charge on any atom is -0.312 e. The first-order valence-electron chi connectivity index (χ1n) is 6.35. The zero-order valence-electron chi connectivity index (χ0n) is 10.7. The molecule has 0 aliphatic carbocycles. The number of rotatable bonds is 2. The van der Waals surface area contributed by atoms with Crippen molar-refractivity contribution in [2.45, 2.75) is 13.0 Å². The number of carbonyl (C=O) groups excluding carboxylic acids is 1. The third-order valence-corrected chi connectivity index (χ3v) is 3.41. The lowest BCUT2D eigenvalue weighted by molar-refractivity contribution is 0.102. The van der Waals surface area contributed by atoms with Gasteiger partial charge in [-0.05, 0) is 42.3 Å². The second kappa shape index (κ2) is 5.56. The maximum Gasteiger partial charge on any atom is 0.258 e. The Morgan fingerprint density at radius 1 is 1.30 bits per heavy atom. The van der Waals surface area contributed by atoms with Crippen molar-refractivity contribution in [3.05, 3.63) is 52.3 Å². The van der Waals surface area contributed by atoms with E-state index in [0.717, 1.165) is 25.1 Å². The van der Waals surface area contributed by atoms with E-state index in [1.807, 2.05) is 18.2 Å². The van der Waals surface area contributed by atoms with Crippen LogP contribution in [0.25, 0.3) is 0 Å². The van der Waals surface area contributed by atoms with Crippen molar-refractivity contribution in [2.24, 2.45) is 0 Å². The molecule has 1 aliphatic heterocycles. The SMILES string of the molecule is O=C(Nc1nccc(Cl)n1)c1ccc2c(c1)CNCC2. The summed E-state index contributed by atoms with van der Waals surface area (Å²) in [4.78, 5) is 20.0. The largest absolute Gasteiger partial charge is 0.312 e. The molecule has 0 bridgehead atoms. The highest BCUT2D eigenvalue weighted by atomic mass is 35.5. The van der Waals surface area contributed by atoms with E-state index in [9.17, 15) is 4.79 Å². The maximum atomic E-state index is 12.2. The molecule has 0 saturated carbocycles. The van der Waals surface area contributed by atoms with Gasteiger partial charge in [-0.25, -0.2) is 9.97 Å². The second-order valence-corrected chi connectivity index (χ2v) is 4.95. The van der Waals surface area contributed by atoms with Crippen LogP contribution in [-0.4, -0.2) is 22.4 Å². The van der Waals surface area contributed by atoms with Gasteiger partial charge in [0.05, 0.1) is 0 Å². The van der Waals surface area contributed by atoms with E-state index in [-0.39, 0.29) is 11.9 Å². The number of amides is 1. The Bertz CT molecular complexity index is 659. The fraction of sp³-hybridized carbons (Fsp3) is 0.214. The van der Waals surface area contributed by atoms with Crippen LogP contribution in [0.3, 0.4) is 0 Å². The van der Waals surface area contributed by atoms with Crippen LogP contribution in [0.4, 0.5) is 5.95 Å². The van der Waals surface area contributed by atoms with Crippen molar-refractivity contribution in [2.75, 3.05) is 11.9 Å². The van der Waals surface area contributed by atoms with E-state index >= 15 is 0 Å². The predicted molar refractivity (Wildman–Crippen MR) is 76.8 cm³/mol. The lowest BCUT2D eigenvalue weighted by atomic mass is 9.98. The fourth-order valence-electron chi connectivity index (χ4n) is 2.19. The van der Waals surface area contributed by atoms with Crippen molar-refractivity contribution in [3.63, 3.8) is 0 Å². The molecule has 2 aromatic rings.